The molecule has 10 heavy (non-hydrogen) atoms. The molecule has 0 aliphatic heterocycles. The van der Waals surface area contributed by atoms with Gasteiger partial charge >= 0.3 is 0 Å². The quantitative estimate of drug-likeness (QED) is 0.597. The fourth-order valence-corrected chi connectivity index (χ4v) is 0.820. The van der Waals surface area contributed by atoms with Crippen molar-refractivity contribution in [2.45, 2.75) is 27.2 Å². The summed E-state index contributed by atoms with van der Waals surface area (Å²) in [5.41, 5.74) is 0.191. The van der Waals surface area contributed by atoms with Gasteiger partial charge in [-0.05, 0) is 17.8 Å². The minimum atomic E-state index is 0.191. The molecule has 0 amide bonds. The van der Waals surface area contributed by atoms with E-state index in [1.165, 1.54) is 0 Å². The fourth-order valence-electron chi connectivity index (χ4n) is 0.820. The van der Waals surface area contributed by atoms with E-state index in [2.05, 4.69) is 27.4 Å². The summed E-state index contributed by atoms with van der Waals surface area (Å²) >= 11 is 0. The van der Waals surface area contributed by atoms with E-state index >= 15 is 0 Å². The molecular formula is C9H18O. The Balaban J connectivity index is 3.94. The number of rotatable bonds is 4. The van der Waals surface area contributed by atoms with Crippen LogP contribution in [0.4, 0.5) is 0 Å². The van der Waals surface area contributed by atoms with E-state index in [1.54, 1.807) is 0 Å². The average Bonchev–Trinajstić information content (AvgIpc) is 1.86. The summed E-state index contributed by atoms with van der Waals surface area (Å²) in [4.78, 5) is 0. The van der Waals surface area contributed by atoms with Crippen molar-refractivity contribution < 1.29 is 5.11 Å². The van der Waals surface area contributed by atoms with Crippen LogP contribution < -0.4 is 0 Å². The van der Waals surface area contributed by atoms with Crippen LogP contribution in [0.15, 0.2) is 12.7 Å². The summed E-state index contributed by atoms with van der Waals surface area (Å²) in [6.07, 6.45) is 2.88. The Morgan fingerprint density at radius 2 is 2.10 bits per heavy atom. The summed E-state index contributed by atoms with van der Waals surface area (Å²) in [5.74, 6) is 0.352. The van der Waals surface area contributed by atoms with Crippen LogP contribution in [0.1, 0.15) is 27.2 Å². The standard InChI is InChI=1S/C9H18O/c1-5-6-9(3,4)8(2)7-10/h5,8,10H,1,6-7H2,2-4H3/t8-/m1/s1. The molecule has 60 valence electrons. The summed E-state index contributed by atoms with van der Waals surface area (Å²) in [5, 5.41) is 8.86. The highest BCUT2D eigenvalue weighted by atomic mass is 16.3. The predicted octanol–water partition coefficient (Wildman–Crippen LogP) is 2.22. The van der Waals surface area contributed by atoms with Crippen LogP contribution in [0.5, 0.6) is 0 Å². The Kier molecular flexibility index (Phi) is 3.66. The van der Waals surface area contributed by atoms with Crippen LogP contribution in [-0.2, 0) is 0 Å². The van der Waals surface area contributed by atoms with Crippen molar-refractivity contribution in [1.82, 2.24) is 0 Å². The van der Waals surface area contributed by atoms with Crippen molar-refractivity contribution in [2.75, 3.05) is 6.61 Å². The number of hydrogen-bond acceptors (Lipinski definition) is 1. The monoisotopic (exact) mass is 142 g/mol. The van der Waals surface area contributed by atoms with Gasteiger partial charge in [0.1, 0.15) is 0 Å². The smallest absolute Gasteiger partial charge is 0.0461 e. The van der Waals surface area contributed by atoms with E-state index < -0.39 is 0 Å². The van der Waals surface area contributed by atoms with Crippen molar-refractivity contribution in [2.24, 2.45) is 11.3 Å². The van der Waals surface area contributed by atoms with Gasteiger partial charge in [0, 0.05) is 6.61 Å². The molecule has 0 unspecified atom stereocenters. The second kappa shape index (κ2) is 3.77. The van der Waals surface area contributed by atoms with Gasteiger partial charge in [-0.25, -0.2) is 0 Å². The molecule has 0 saturated heterocycles. The Morgan fingerprint density at radius 3 is 2.40 bits per heavy atom. The van der Waals surface area contributed by atoms with Crippen molar-refractivity contribution in [3.05, 3.63) is 12.7 Å². The molecule has 0 aromatic heterocycles. The molecule has 1 heteroatoms. The lowest BCUT2D eigenvalue weighted by Gasteiger charge is -2.29. The Bertz CT molecular complexity index is 105. The molecule has 1 atom stereocenters. The van der Waals surface area contributed by atoms with Gasteiger partial charge in [0.15, 0.2) is 0 Å². The number of aliphatic hydroxyl groups excluding tert-OH is 1. The molecule has 0 aromatic carbocycles. The van der Waals surface area contributed by atoms with E-state index in [9.17, 15) is 0 Å². The van der Waals surface area contributed by atoms with Crippen LogP contribution in [0.3, 0.4) is 0 Å². The molecular weight excluding hydrogens is 124 g/mol. The molecule has 0 heterocycles. The maximum atomic E-state index is 8.86. The molecule has 0 aliphatic carbocycles. The molecule has 1 nitrogen and oxygen atoms in total. The second-order valence-corrected chi connectivity index (χ2v) is 3.57. The first-order valence-electron chi connectivity index (χ1n) is 3.76. The zero-order chi connectivity index (χ0) is 8.20. The first-order valence-corrected chi connectivity index (χ1v) is 3.76. The lowest BCUT2D eigenvalue weighted by atomic mass is 9.78. The van der Waals surface area contributed by atoms with Crippen LogP contribution in [0, 0.1) is 11.3 Å². The molecule has 0 radical (unpaired) electrons. The summed E-state index contributed by atoms with van der Waals surface area (Å²) < 4.78 is 0. The summed E-state index contributed by atoms with van der Waals surface area (Å²) in [7, 11) is 0. The lowest BCUT2D eigenvalue weighted by molar-refractivity contribution is 0.133. The van der Waals surface area contributed by atoms with Crippen molar-refractivity contribution in [3.63, 3.8) is 0 Å². The van der Waals surface area contributed by atoms with Crippen LogP contribution in [0.2, 0.25) is 0 Å². The number of hydrogen-bond donors (Lipinski definition) is 1. The highest BCUT2D eigenvalue weighted by molar-refractivity contribution is 4.82. The van der Waals surface area contributed by atoms with Gasteiger partial charge in [-0.3, -0.25) is 0 Å². The largest absolute Gasteiger partial charge is 0.396 e. The van der Waals surface area contributed by atoms with Crippen LogP contribution in [0.25, 0.3) is 0 Å². The van der Waals surface area contributed by atoms with E-state index in [-0.39, 0.29) is 12.0 Å². The van der Waals surface area contributed by atoms with Crippen LogP contribution >= 0.6 is 0 Å². The third-order valence-corrected chi connectivity index (χ3v) is 2.28. The average molecular weight is 142 g/mol. The topological polar surface area (TPSA) is 20.2 Å². The number of aliphatic hydroxyl groups is 1. The zero-order valence-corrected chi connectivity index (χ0v) is 7.22. The first kappa shape index (κ1) is 9.70. The first-order chi connectivity index (χ1) is 4.54. The highest BCUT2D eigenvalue weighted by Gasteiger charge is 2.22. The Morgan fingerprint density at radius 1 is 1.60 bits per heavy atom. The molecule has 0 saturated carbocycles. The number of allylic oxidation sites excluding steroid dienone is 1. The van der Waals surface area contributed by atoms with Gasteiger partial charge in [0.2, 0.25) is 0 Å². The Hall–Kier alpha value is -0.300. The second-order valence-electron chi connectivity index (χ2n) is 3.57. The molecule has 0 bridgehead atoms. The maximum Gasteiger partial charge on any atom is 0.0461 e. The maximum absolute atomic E-state index is 8.86. The lowest BCUT2D eigenvalue weighted by Crippen LogP contribution is -2.23. The minimum Gasteiger partial charge on any atom is -0.396 e. The van der Waals surface area contributed by atoms with Gasteiger partial charge in [-0.1, -0.05) is 26.8 Å². The minimum absolute atomic E-state index is 0.191. The van der Waals surface area contributed by atoms with E-state index in [0.717, 1.165) is 6.42 Å². The van der Waals surface area contributed by atoms with Gasteiger partial charge in [0.25, 0.3) is 0 Å². The van der Waals surface area contributed by atoms with E-state index in [1.807, 2.05) is 6.08 Å². The predicted molar refractivity (Wildman–Crippen MR) is 44.8 cm³/mol. The third kappa shape index (κ3) is 2.53. The molecule has 0 rings (SSSR count). The Labute approximate surface area is 63.8 Å². The van der Waals surface area contributed by atoms with Crippen molar-refractivity contribution >= 4 is 0 Å². The SMILES string of the molecule is C=CCC(C)(C)[C@H](C)CO. The highest BCUT2D eigenvalue weighted by Crippen LogP contribution is 2.29. The summed E-state index contributed by atoms with van der Waals surface area (Å²) in [6, 6.07) is 0. The van der Waals surface area contributed by atoms with E-state index in [0.29, 0.717) is 5.92 Å². The normalized spacial score (nSPS) is 14.8. The van der Waals surface area contributed by atoms with Crippen LogP contribution in [-0.4, -0.2) is 11.7 Å². The molecule has 0 aliphatic rings. The van der Waals surface area contributed by atoms with Gasteiger partial charge in [0.05, 0.1) is 0 Å². The van der Waals surface area contributed by atoms with E-state index in [4.69, 9.17) is 5.11 Å². The third-order valence-electron chi connectivity index (χ3n) is 2.28. The van der Waals surface area contributed by atoms with Crippen molar-refractivity contribution in [1.29, 1.82) is 0 Å². The summed E-state index contributed by atoms with van der Waals surface area (Å²) in [6.45, 7) is 10.3. The zero-order valence-electron chi connectivity index (χ0n) is 7.22. The molecule has 1 N–H and O–H groups in total. The fraction of sp³-hybridized carbons (Fsp3) is 0.778. The van der Waals surface area contributed by atoms with Gasteiger partial charge in [-0.2, -0.15) is 0 Å². The van der Waals surface area contributed by atoms with Gasteiger partial charge < -0.3 is 5.11 Å². The molecule has 0 fully saturated rings. The van der Waals surface area contributed by atoms with Crippen molar-refractivity contribution in [3.8, 4) is 0 Å². The van der Waals surface area contributed by atoms with Gasteiger partial charge in [-0.15, -0.1) is 6.58 Å². The molecule has 0 aromatic rings. The molecule has 0 spiro atoms.